The summed E-state index contributed by atoms with van der Waals surface area (Å²) in [6.07, 6.45) is -0.0808. The van der Waals surface area contributed by atoms with Gasteiger partial charge in [0.25, 0.3) is 0 Å². The molecule has 0 saturated carbocycles. The van der Waals surface area contributed by atoms with Crippen LogP contribution in [0.3, 0.4) is 0 Å². The molecule has 25 heavy (non-hydrogen) atoms. The first-order valence-corrected chi connectivity index (χ1v) is 8.30. The van der Waals surface area contributed by atoms with Gasteiger partial charge in [0.05, 0.1) is 13.0 Å². The van der Waals surface area contributed by atoms with Gasteiger partial charge in [0.1, 0.15) is 0 Å². The summed E-state index contributed by atoms with van der Waals surface area (Å²) in [5.41, 5.74) is 1.46. The van der Waals surface area contributed by atoms with Crippen molar-refractivity contribution in [2.24, 2.45) is 0 Å². The molecule has 2 rings (SSSR count). The summed E-state index contributed by atoms with van der Waals surface area (Å²) in [4.78, 5) is 38.7. The van der Waals surface area contributed by atoms with Gasteiger partial charge in [-0.2, -0.15) is 0 Å². The lowest BCUT2D eigenvalue weighted by Gasteiger charge is -2.34. The number of urea groups is 1. The smallest absolute Gasteiger partial charge is 0.409 e. The van der Waals surface area contributed by atoms with E-state index in [4.69, 9.17) is 4.74 Å². The highest BCUT2D eigenvalue weighted by atomic mass is 16.6. The Balaban J connectivity index is 1.87. The molecule has 0 aliphatic carbocycles. The maximum Gasteiger partial charge on any atom is 0.409 e. The summed E-state index contributed by atoms with van der Waals surface area (Å²) in [5.74, 6) is -0.0847. The Bertz CT molecular complexity index is 627. The number of amides is 4. The highest BCUT2D eigenvalue weighted by Gasteiger charge is 2.24. The third kappa shape index (κ3) is 5.37. The van der Waals surface area contributed by atoms with E-state index >= 15 is 0 Å². The van der Waals surface area contributed by atoms with E-state index in [0.29, 0.717) is 38.5 Å². The van der Waals surface area contributed by atoms with Crippen molar-refractivity contribution in [2.45, 2.75) is 13.3 Å². The lowest BCUT2D eigenvalue weighted by molar-refractivity contribution is -0.119. The fraction of sp³-hybridized carbons (Fsp3) is 0.471. The molecule has 1 aromatic rings. The van der Waals surface area contributed by atoms with Crippen molar-refractivity contribution in [3.05, 3.63) is 29.8 Å². The van der Waals surface area contributed by atoms with Crippen molar-refractivity contribution in [1.82, 2.24) is 15.1 Å². The predicted molar refractivity (Wildman–Crippen MR) is 93.4 cm³/mol. The summed E-state index contributed by atoms with van der Waals surface area (Å²) in [6, 6.07) is 6.97. The first-order chi connectivity index (χ1) is 12.0. The number of likely N-dealkylation sites (N-methyl/N-ethyl adjacent to an activating group) is 1. The Morgan fingerprint density at radius 2 is 1.80 bits per heavy atom. The zero-order chi connectivity index (χ0) is 18.2. The van der Waals surface area contributed by atoms with Gasteiger partial charge in [-0.1, -0.05) is 12.1 Å². The molecular formula is C17H24N4O4. The number of hydrogen-bond acceptors (Lipinski definition) is 4. The molecule has 0 spiro atoms. The molecule has 0 unspecified atom stereocenters. The van der Waals surface area contributed by atoms with Crippen LogP contribution in [-0.2, 0) is 16.0 Å². The van der Waals surface area contributed by atoms with E-state index in [9.17, 15) is 14.4 Å². The van der Waals surface area contributed by atoms with Crippen LogP contribution in [0.1, 0.15) is 12.5 Å². The summed E-state index contributed by atoms with van der Waals surface area (Å²) in [5, 5.41) is 5.40. The molecule has 136 valence electrons. The van der Waals surface area contributed by atoms with Gasteiger partial charge < -0.3 is 25.2 Å². The second-order valence-electron chi connectivity index (χ2n) is 5.65. The number of hydrogen-bond donors (Lipinski definition) is 2. The standard InChI is InChI=1S/C17H24N4O4/c1-3-25-17(24)21-9-7-20(8-10-21)16(23)19-14-6-4-5-13(11-14)12-15(22)18-2/h4-6,11H,3,7-10,12H2,1-2H3,(H,18,22)(H,19,23). The van der Waals surface area contributed by atoms with Crippen LogP contribution in [0.2, 0.25) is 0 Å². The number of piperazine rings is 1. The predicted octanol–water partition coefficient (Wildman–Crippen LogP) is 1.28. The molecule has 1 fully saturated rings. The molecule has 8 heteroatoms. The summed E-state index contributed by atoms with van der Waals surface area (Å²) in [6.45, 7) is 3.89. The van der Waals surface area contributed by atoms with Crippen molar-refractivity contribution in [3.63, 3.8) is 0 Å². The lowest BCUT2D eigenvalue weighted by Crippen LogP contribution is -2.51. The van der Waals surface area contributed by atoms with E-state index in [0.717, 1.165) is 5.56 Å². The number of ether oxygens (including phenoxy) is 1. The number of anilines is 1. The monoisotopic (exact) mass is 348 g/mol. The van der Waals surface area contributed by atoms with Crippen molar-refractivity contribution in [3.8, 4) is 0 Å². The second-order valence-corrected chi connectivity index (χ2v) is 5.65. The molecule has 0 aromatic heterocycles. The van der Waals surface area contributed by atoms with Crippen molar-refractivity contribution >= 4 is 23.7 Å². The molecule has 1 aliphatic rings. The van der Waals surface area contributed by atoms with Crippen molar-refractivity contribution in [2.75, 3.05) is 45.2 Å². The molecule has 0 radical (unpaired) electrons. The highest BCUT2D eigenvalue weighted by molar-refractivity contribution is 5.90. The lowest BCUT2D eigenvalue weighted by atomic mass is 10.1. The van der Waals surface area contributed by atoms with Crippen molar-refractivity contribution in [1.29, 1.82) is 0 Å². The first kappa shape index (κ1) is 18.6. The normalized spacial score (nSPS) is 14.0. The van der Waals surface area contributed by atoms with Crippen molar-refractivity contribution < 1.29 is 19.1 Å². The Morgan fingerprint density at radius 3 is 2.44 bits per heavy atom. The molecule has 4 amide bonds. The van der Waals surface area contributed by atoms with Crippen LogP contribution in [0.5, 0.6) is 0 Å². The number of carbonyl (C=O) groups excluding carboxylic acids is 3. The molecule has 2 N–H and O–H groups in total. The van der Waals surface area contributed by atoms with Crippen LogP contribution < -0.4 is 10.6 Å². The highest BCUT2D eigenvalue weighted by Crippen LogP contribution is 2.13. The Hall–Kier alpha value is -2.77. The number of carbonyl (C=O) groups is 3. The third-order valence-electron chi connectivity index (χ3n) is 3.91. The summed E-state index contributed by atoms with van der Waals surface area (Å²) >= 11 is 0. The molecule has 1 aliphatic heterocycles. The number of benzene rings is 1. The van der Waals surface area contributed by atoms with Crippen LogP contribution in [0.4, 0.5) is 15.3 Å². The first-order valence-electron chi connectivity index (χ1n) is 8.30. The summed E-state index contributed by atoms with van der Waals surface area (Å²) in [7, 11) is 1.59. The van der Waals surface area contributed by atoms with Crippen LogP contribution in [-0.4, -0.2) is 67.7 Å². The molecule has 0 bridgehead atoms. The second kappa shape index (κ2) is 8.91. The molecule has 0 atom stereocenters. The molecule has 1 heterocycles. The van der Waals surface area contributed by atoms with E-state index in [-0.39, 0.29) is 24.5 Å². The van der Waals surface area contributed by atoms with E-state index in [1.165, 1.54) is 0 Å². The zero-order valence-electron chi connectivity index (χ0n) is 14.6. The molecule has 1 saturated heterocycles. The maximum atomic E-state index is 12.4. The summed E-state index contributed by atoms with van der Waals surface area (Å²) < 4.78 is 4.96. The van der Waals surface area contributed by atoms with Gasteiger partial charge >= 0.3 is 12.1 Å². The minimum absolute atomic E-state index is 0.0847. The SMILES string of the molecule is CCOC(=O)N1CCN(C(=O)Nc2cccc(CC(=O)NC)c2)CC1. The van der Waals surface area contributed by atoms with Gasteiger partial charge in [0.15, 0.2) is 0 Å². The van der Waals surface area contributed by atoms with Crippen LogP contribution in [0.25, 0.3) is 0 Å². The van der Waals surface area contributed by atoms with Crippen LogP contribution in [0, 0.1) is 0 Å². The van der Waals surface area contributed by atoms with Gasteiger partial charge in [-0.15, -0.1) is 0 Å². The van der Waals surface area contributed by atoms with E-state index in [1.54, 1.807) is 42.0 Å². The Kier molecular flexibility index (Phi) is 6.62. The van der Waals surface area contributed by atoms with Gasteiger partial charge in [-0.3, -0.25) is 4.79 Å². The zero-order valence-corrected chi connectivity index (χ0v) is 14.6. The topological polar surface area (TPSA) is 91.0 Å². The largest absolute Gasteiger partial charge is 0.450 e. The Morgan fingerprint density at radius 1 is 1.12 bits per heavy atom. The fourth-order valence-electron chi connectivity index (χ4n) is 2.54. The maximum absolute atomic E-state index is 12.4. The van der Waals surface area contributed by atoms with Gasteiger partial charge in [-0.05, 0) is 24.6 Å². The minimum Gasteiger partial charge on any atom is -0.450 e. The molecular weight excluding hydrogens is 324 g/mol. The van der Waals surface area contributed by atoms with E-state index in [1.807, 2.05) is 6.07 Å². The Labute approximate surface area is 147 Å². The average molecular weight is 348 g/mol. The van der Waals surface area contributed by atoms with Crippen LogP contribution in [0.15, 0.2) is 24.3 Å². The molecule has 8 nitrogen and oxygen atoms in total. The van der Waals surface area contributed by atoms with Gasteiger partial charge in [0.2, 0.25) is 5.91 Å². The number of nitrogens with one attached hydrogen (secondary N) is 2. The molecule has 1 aromatic carbocycles. The van der Waals surface area contributed by atoms with Gasteiger partial charge in [-0.25, -0.2) is 9.59 Å². The van der Waals surface area contributed by atoms with Gasteiger partial charge in [0, 0.05) is 38.9 Å². The van der Waals surface area contributed by atoms with E-state index in [2.05, 4.69) is 10.6 Å². The fourth-order valence-corrected chi connectivity index (χ4v) is 2.54. The third-order valence-corrected chi connectivity index (χ3v) is 3.91. The minimum atomic E-state index is -0.343. The van der Waals surface area contributed by atoms with E-state index < -0.39 is 0 Å². The average Bonchev–Trinajstić information content (AvgIpc) is 2.62. The quantitative estimate of drug-likeness (QED) is 0.858. The number of nitrogens with zero attached hydrogens (tertiary/aromatic N) is 2. The van der Waals surface area contributed by atoms with Crippen LogP contribution >= 0.6 is 0 Å². The number of rotatable bonds is 4.